The molecule has 3 nitrogen and oxygen atoms in total. The standard InChI is InChI=1S/C18H18FNO2S/c19-16-4-2-1-3-15(16)17-7-5-14(23-17)6-8-18(22)20-11-9-13(21)10-12-20/h1-8,13,21H,9-12H2/b8-6+. The molecule has 1 saturated heterocycles. The van der Waals surface area contributed by atoms with Crippen LogP contribution >= 0.6 is 11.3 Å². The van der Waals surface area contributed by atoms with Crippen LogP contribution in [0.25, 0.3) is 16.5 Å². The lowest BCUT2D eigenvalue weighted by molar-refractivity contribution is -0.127. The van der Waals surface area contributed by atoms with Crippen LogP contribution in [0.1, 0.15) is 17.7 Å². The molecule has 5 heteroatoms. The monoisotopic (exact) mass is 331 g/mol. The largest absolute Gasteiger partial charge is 0.393 e. The van der Waals surface area contributed by atoms with Crippen LogP contribution in [0.2, 0.25) is 0 Å². The third kappa shape index (κ3) is 3.86. The Morgan fingerprint density at radius 1 is 1.22 bits per heavy atom. The highest BCUT2D eigenvalue weighted by molar-refractivity contribution is 7.16. The van der Waals surface area contributed by atoms with Gasteiger partial charge in [-0.25, -0.2) is 4.39 Å². The van der Waals surface area contributed by atoms with Gasteiger partial charge in [0.15, 0.2) is 0 Å². The third-order valence-corrected chi connectivity index (χ3v) is 5.02. The first-order valence-corrected chi connectivity index (χ1v) is 8.45. The Labute approximate surface area is 138 Å². The summed E-state index contributed by atoms with van der Waals surface area (Å²) in [6, 6.07) is 10.4. The molecule has 0 atom stereocenters. The fourth-order valence-electron chi connectivity index (χ4n) is 2.59. The zero-order valence-corrected chi connectivity index (χ0v) is 13.4. The second-order valence-corrected chi connectivity index (χ2v) is 6.69. The van der Waals surface area contributed by atoms with Gasteiger partial charge in [0.25, 0.3) is 0 Å². The van der Waals surface area contributed by atoms with E-state index in [-0.39, 0.29) is 17.8 Å². The summed E-state index contributed by atoms with van der Waals surface area (Å²) >= 11 is 1.45. The normalized spacial score (nSPS) is 16.2. The average Bonchev–Trinajstić information content (AvgIpc) is 3.02. The van der Waals surface area contributed by atoms with Gasteiger partial charge >= 0.3 is 0 Å². The first kappa shape index (κ1) is 15.9. The summed E-state index contributed by atoms with van der Waals surface area (Å²) in [5, 5.41) is 9.47. The Kier molecular flexibility index (Phi) is 4.88. The molecule has 0 spiro atoms. The highest BCUT2D eigenvalue weighted by atomic mass is 32.1. The number of likely N-dealkylation sites (tertiary alicyclic amines) is 1. The number of piperidine rings is 1. The Bertz CT molecular complexity index is 717. The number of aliphatic hydroxyl groups is 1. The Balaban J connectivity index is 1.67. The summed E-state index contributed by atoms with van der Waals surface area (Å²) < 4.78 is 13.8. The van der Waals surface area contributed by atoms with Crippen LogP contribution in [0.5, 0.6) is 0 Å². The molecule has 0 aliphatic carbocycles. The van der Waals surface area contributed by atoms with Crippen molar-refractivity contribution in [3.8, 4) is 10.4 Å². The first-order valence-electron chi connectivity index (χ1n) is 7.63. The molecule has 0 saturated carbocycles. The maximum absolute atomic E-state index is 13.8. The molecule has 1 amide bonds. The van der Waals surface area contributed by atoms with Crippen molar-refractivity contribution in [1.29, 1.82) is 0 Å². The zero-order valence-electron chi connectivity index (χ0n) is 12.6. The van der Waals surface area contributed by atoms with E-state index in [1.807, 2.05) is 18.2 Å². The number of amides is 1. The van der Waals surface area contributed by atoms with Crippen LogP contribution in [0, 0.1) is 5.82 Å². The predicted octanol–water partition coefficient (Wildman–Crippen LogP) is 3.55. The number of nitrogens with zero attached hydrogens (tertiary/aromatic N) is 1. The third-order valence-electron chi connectivity index (χ3n) is 3.93. The zero-order chi connectivity index (χ0) is 16.2. The maximum Gasteiger partial charge on any atom is 0.246 e. The van der Waals surface area contributed by atoms with Gasteiger partial charge in [-0.3, -0.25) is 4.79 Å². The lowest BCUT2D eigenvalue weighted by Crippen LogP contribution is -2.39. The van der Waals surface area contributed by atoms with E-state index in [9.17, 15) is 14.3 Å². The van der Waals surface area contributed by atoms with Crippen LogP contribution in [-0.4, -0.2) is 35.1 Å². The molecule has 120 valence electrons. The Morgan fingerprint density at radius 3 is 2.70 bits per heavy atom. The van der Waals surface area contributed by atoms with Crippen molar-refractivity contribution >= 4 is 23.3 Å². The minimum Gasteiger partial charge on any atom is -0.393 e. The van der Waals surface area contributed by atoms with E-state index in [0.29, 0.717) is 31.5 Å². The van der Waals surface area contributed by atoms with Crippen molar-refractivity contribution in [2.75, 3.05) is 13.1 Å². The van der Waals surface area contributed by atoms with Crippen molar-refractivity contribution < 1.29 is 14.3 Å². The van der Waals surface area contributed by atoms with E-state index < -0.39 is 0 Å². The van der Waals surface area contributed by atoms with Gasteiger partial charge < -0.3 is 10.0 Å². The topological polar surface area (TPSA) is 40.5 Å². The van der Waals surface area contributed by atoms with Gasteiger partial charge in [0.05, 0.1) is 6.10 Å². The van der Waals surface area contributed by atoms with Crippen LogP contribution < -0.4 is 0 Å². The molecule has 1 aliphatic heterocycles. The first-order chi connectivity index (χ1) is 11.1. The molecule has 3 rings (SSSR count). The molecule has 0 unspecified atom stereocenters. The molecule has 0 bridgehead atoms. The lowest BCUT2D eigenvalue weighted by Gasteiger charge is -2.28. The van der Waals surface area contributed by atoms with Gasteiger partial charge in [-0.05, 0) is 37.1 Å². The molecule has 1 fully saturated rings. The number of carbonyl (C=O) groups excluding carboxylic acids is 1. The second-order valence-electron chi connectivity index (χ2n) is 5.57. The van der Waals surface area contributed by atoms with Crippen LogP contribution in [0.3, 0.4) is 0 Å². The van der Waals surface area contributed by atoms with Crippen molar-refractivity contribution in [1.82, 2.24) is 4.90 Å². The van der Waals surface area contributed by atoms with Crippen molar-refractivity contribution in [3.05, 3.63) is 53.2 Å². The van der Waals surface area contributed by atoms with Crippen LogP contribution in [0.15, 0.2) is 42.5 Å². The maximum atomic E-state index is 13.8. The lowest BCUT2D eigenvalue weighted by atomic mass is 10.1. The molecular formula is C18H18FNO2S. The molecular weight excluding hydrogens is 313 g/mol. The Hall–Kier alpha value is -1.98. The molecule has 1 aromatic carbocycles. The van der Waals surface area contributed by atoms with Crippen LogP contribution in [-0.2, 0) is 4.79 Å². The van der Waals surface area contributed by atoms with E-state index in [1.165, 1.54) is 17.4 Å². The van der Waals surface area contributed by atoms with Gasteiger partial charge in [-0.1, -0.05) is 18.2 Å². The molecule has 1 aromatic heterocycles. The summed E-state index contributed by atoms with van der Waals surface area (Å²) in [5.74, 6) is -0.287. The van der Waals surface area contributed by atoms with Crippen molar-refractivity contribution in [2.45, 2.75) is 18.9 Å². The van der Waals surface area contributed by atoms with Gasteiger partial charge in [-0.2, -0.15) is 0 Å². The fraction of sp³-hybridized carbons (Fsp3) is 0.278. The van der Waals surface area contributed by atoms with Crippen molar-refractivity contribution in [2.24, 2.45) is 0 Å². The van der Waals surface area contributed by atoms with Crippen LogP contribution in [0.4, 0.5) is 4.39 Å². The fourth-order valence-corrected chi connectivity index (χ4v) is 3.53. The SMILES string of the molecule is O=C(/C=C/c1ccc(-c2ccccc2F)s1)N1CCC(O)CC1. The quantitative estimate of drug-likeness (QED) is 0.874. The summed E-state index contributed by atoms with van der Waals surface area (Å²) in [6.07, 6.45) is 4.30. The molecule has 1 N–H and O–H groups in total. The number of aliphatic hydroxyl groups excluding tert-OH is 1. The summed E-state index contributed by atoms with van der Waals surface area (Å²) in [5.41, 5.74) is 0.577. The highest BCUT2D eigenvalue weighted by Gasteiger charge is 2.19. The van der Waals surface area contributed by atoms with Gasteiger partial charge in [-0.15, -0.1) is 11.3 Å². The molecule has 1 aliphatic rings. The molecule has 2 aromatic rings. The van der Waals surface area contributed by atoms with E-state index in [0.717, 1.165) is 9.75 Å². The van der Waals surface area contributed by atoms with Gasteiger partial charge in [0.2, 0.25) is 5.91 Å². The minimum absolute atomic E-state index is 0.0438. The van der Waals surface area contributed by atoms with E-state index in [2.05, 4.69) is 0 Å². The van der Waals surface area contributed by atoms with E-state index in [1.54, 1.807) is 29.2 Å². The smallest absolute Gasteiger partial charge is 0.246 e. The molecule has 2 heterocycles. The van der Waals surface area contributed by atoms with E-state index >= 15 is 0 Å². The summed E-state index contributed by atoms with van der Waals surface area (Å²) in [6.45, 7) is 1.19. The summed E-state index contributed by atoms with van der Waals surface area (Å²) in [4.78, 5) is 15.6. The number of halogens is 1. The summed E-state index contributed by atoms with van der Waals surface area (Å²) in [7, 11) is 0. The number of rotatable bonds is 3. The minimum atomic E-state index is -0.288. The number of benzene rings is 1. The second kappa shape index (κ2) is 7.06. The number of hydrogen-bond acceptors (Lipinski definition) is 3. The number of thiophene rings is 1. The van der Waals surface area contributed by atoms with E-state index in [4.69, 9.17) is 0 Å². The molecule has 0 radical (unpaired) electrons. The van der Waals surface area contributed by atoms with Gasteiger partial charge in [0, 0.05) is 34.5 Å². The van der Waals surface area contributed by atoms with Crippen molar-refractivity contribution in [3.63, 3.8) is 0 Å². The van der Waals surface area contributed by atoms with Gasteiger partial charge in [0.1, 0.15) is 5.82 Å². The Morgan fingerprint density at radius 2 is 1.96 bits per heavy atom. The predicted molar refractivity (Wildman–Crippen MR) is 90.6 cm³/mol. The average molecular weight is 331 g/mol. The number of hydrogen-bond donors (Lipinski definition) is 1. The number of carbonyl (C=O) groups is 1. The highest BCUT2D eigenvalue weighted by Crippen LogP contribution is 2.30. The molecule has 23 heavy (non-hydrogen) atoms.